The third-order valence-electron chi connectivity index (χ3n) is 2.45. The molecule has 1 atom stereocenters. The summed E-state index contributed by atoms with van der Waals surface area (Å²) in [6.45, 7) is 6.05. The zero-order valence-corrected chi connectivity index (χ0v) is 9.40. The van der Waals surface area contributed by atoms with E-state index in [1.807, 2.05) is 11.3 Å². The number of likely N-dealkylation sites (N-methyl/N-ethyl adjacent to an activating group) is 1. The van der Waals surface area contributed by atoms with E-state index in [0.717, 1.165) is 13.1 Å². The second kappa shape index (κ2) is 4.74. The summed E-state index contributed by atoms with van der Waals surface area (Å²) in [5, 5.41) is 2.14. The second-order valence-electron chi connectivity index (χ2n) is 3.53. The first kappa shape index (κ1) is 10.7. The molecule has 13 heavy (non-hydrogen) atoms. The first-order chi connectivity index (χ1) is 6.15. The van der Waals surface area contributed by atoms with Gasteiger partial charge in [0.25, 0.3) is 0 Å². The maximum Gasteiger partial charge on any atom is 0.0330 e. The van der Waals surface area contributed by atoms with E-state index in [9.17, 15) is 0 Å². The molecule has 0 aliphatic rings. The van der Waals surface area contributed by atoms with Crippen molar-refractivity contribution in [3.8, 4) is 0 Å². The van der Waals surface area contributed by atoms with Gasteiger partial charge in [-0.1, -0.05) is 0 Å². The summed E-state index contributed by atoms with van der Waals surface area (Å²) in [4.78, 5) is 3.74. The Balaban J connectivity index is 2.54. The number of rotatable bonds is 4. The van der Waals surface area contributed by atoms with Gasteiger partial charge in [0, 0.05) is 24.0 Å². The van der Waals surface area contributed by atoms with Gasteiger partial charge in [-0.3, -0.25) is 4.90 Å². The van der Waals surface area contributed by atoms with E-state index in [2.05, 4.69) is 37.2 Å². The van der Waals surface area contributed by atoms with Crippen LogP contribution in [0.1, 0.15) is 17.4 Å². The van der Waals surface area contributed by atoms with Crippen LogP contribution in [0, 0.1) is 6.92 Å². The number of thiophene rings is 1. The quantitative estimate of drug-likeness (QED) is 0.800. The Morgan fingerprint density at radius 3 is 2.77 bits per heavy atom. The Labute approximate surface area is 84.4 Å². The summed E-state index contributed by atoms with van der Waals surface area (Å²) in [6.07, 6.45) is 0. The standard InChI is InChI=1S/C10H18N2S/c1-8-4-5-13-10(8)7-12(3)9(2)6-11/h4-5,9H,6-7,11H2,1-3H3. The minimum absolute atomic E-state index is 0.460. The third kappa shape index (κ3) is 2.79. The van der Waals surface area contributed by atoms with Crippen LogP contribution in [0.15, 0.2) is 11.4 Å². The summed E-state index contributed by atoms with van der Waals surface area (Å²) in [7, 11) is 2.12. The van der Waals surface area contributed by atoms with Gasteiger partial charge in [0.2, 0.25) is 0 Å². The van der Waals surface area contributed by atoms with Crippen LogP contribution in [0.2, 0.25) is 0 Å². The lowest BCUT2D eigenvalue weighted by Gasteiger charge is -2.22. The largest absolute Gasteiger partial charge is 0.329 e. The predicted octanol–water partition coefficient (Wildman–Crippen LogP) is 1.84. The number of hydrogen-bond donors (Lipinski definition) is 1. The predicted molar refractivity (Wildman–Crippen MR) is 59.0 cm³/mol. The van der Waals surface area contributed by atoms with Crippen molar-refractivity contribution in [1.82, 2.24) is 4.90 Å². The minimum Gasteiger partial charge on any atom is -0.329 e. The number of hydrogen-bond acceptors (Lipinski definition) is 3. The van der Waals surface area contributed by atoms with Crippen molar-refractivity contribution < 1.29 is 0 Å². The van der Waals surface area contributed by atoms with Crippen LogP contribution in [-0.4, -0.2) is 24.5 Å². The van der Waals surface area contributed by atoms with Crippen LogP contribution in [0.5, 0.6) is 0 Å². The molecule has 1 rings (SSSR count). The molecule has 0 radical (unpaired) electrons. The van der Waals surface area contributed by atoms with Gasteiger partial charge in [-0.15, -0.1) is 11.3 Å². The van der Waals surface area contributed by atoms with Crippen LogP contribution in [0.25, 0.3) is 0 Å². The topological polar surface area (TPSA) is 29.3 Å². The van der Waals surface area contributed by atoms with Crippen molar-refractivity contribution >= 4 is 11.3 Å². The highest BCUT2D eigenvalue weighted by Crippen LogP contribution is 2.17. The molecule has 0 bridgehead atoms. The Kier molecular flexibility index (Phi) is 3.90. The molecule has 0 fully saturated rings. The van der Waals surface area contributed by atoms with Crippen LogP contribution >= 0.6 is 11.3 Å². The average Bonchev–Trinajstić information content (AvgIpc) is 2.50. The van der Waals surface area contributed by atoms with E-state index >= 15 is 0 Å². The fourth-order valence-corrected chi connectivity index (χ4v) is 2.10. The molecule has 0 saturated heterocycles. The molecule has 74 valence electrons. The molecule has 3 heteroatoms. The Hall–Kier alpha value is -0.380. The Morgan fingerprint density at radius 2 is 2.31 bits per heavy atom. The van der Waals surface area contributed by atoms with Crippen molar-refractivity contribution in [2.24, 2.45) is 5.73 Å². The highest BCUT2D eigenvalue weighted by molar-refractivity contribution is 7.10. The highest BCUT2D eigenvalue weighted by Gasteiger charge is 2.09. The number of aryl methyl sites for hydroxylation is 1. The summed E-state index contributed by atoms with van der Waals surface area (Å²) in [5.74, 6) is 0. The first-order valence-electron chi connectivity index (χ1n) is 4.58. The SMILES string of the molecule is Cc1ccsc1CN(C)C(C)CN. The molecular weight excluding hydrogens is 180 g/mol. The van der Waals surface area contributed by atoms with Crippen molar-refractivity contribution in [2.75, 3.05) is 13.6 Å². The Bertz CT molecular complexity index is 257. The molecule has 2 nitrogen and oxygen atoms in total. The van der Waals surface area contributed by atoms with E-state index in [-0.39, 0.29) is 0 Å². The highest BCUT2D eigenvalue weighted by atomic mass is 32.1. The van der Waals surface area contributed by atoms with E-state index in [1.165, 1.54) is 10.4 Å². The lowest BCUT2D eigenvalue weighted by Crippen LogP contribution is -2.34. The maximum absolute atomic E-state index is 5.60. The average molecular weight is 198 g/mol. The molecule has 0 saturated carbocycles. The van der Waals surface area contributed by atoms with Gasteiger partial charge in [0.1, 0.15) is 0 Å². The minimum atomic E-state index is 0.460. The van der Waals surface area contributed by atoms with E-state index < -0.39 is 0 Å². The van der Waals surface area contributed by atoms with Crippen molar-refractivity contribution in [3.63, 3.8) is 0 Å². The lowest BCUT2D eigenvalue weighted by atomic mass is 10.2. The lowest BCUT2D eigenvalue weighted by molar-refractivity contribution is 0.256. The van der Waals surface area contributed by atoms with Gasteiger partial charge in [-0.05, 0) is 37.9 Å². The van der Waals surface area contributed by atoms with Gasteiger partial charge in [0.05, 0.1) is 0 Å². The van der Waals surface area contributed by atoms with Gasteiger partial charge < -0.3 is 5.73 Å². The fraction of sp³-hybridized carbons (Fsp3) is 0.600. The van der Waals surface area contributed by atoms with Crippen LogP contribution < -0.4 is 5.73 Å². The smallest absolute Gasteiger partial charge is 0.0330 e. The molecule has 1 unspecified atom stereocenters. The van der Waals surface area contributed by atoms with Crippen molar-refractivity contribution in [1.29, 1.82) is 0 Å². The van der Waals surface area contributed by atoms with Gasteiger partial charge in [-0.2, -0.15) is 0 Å². The van der Waals surface area contributed by atoms with Gasteiger partial charge in [0.15, 0.2) is 0 Å². The molecule has 0 amide bonds. The normalized spacial score (nSPS) is 13.6. The summed E-state index contributed by atoms with van der Waals surface area (Å²) in [6, 6.07) is 2.63. The van der Waals surface area contributed by atoms with Crippen LogP contribution in [0.3, 0.4) is 0 Å². The van der Waals surface area contributed by atoms with E-state index in [4.69, 9.17) is 5.73 Å². The molecule has 1 aromatic heterocycles. The van der Waals surface area contributed by atoms with E-state index in [0.29, 0.717) is 6.04 Å². The number of nitrogens with zero attached hydrogens (tertiary/aromatic N) is 1. The van der Waals surface area contributed by atoms with Crippen LogP contribution in [-0.2, 0) is 6.54 Å². The molecule has 0 aromatic carbocycles. The molecule has 2 N–H and O–H groups in total. The summed E-state index contributed by atoms with van der Waals surface area (Å²) >= 11 is 1.82. The third-order valence-corrected chi connectivity index (χ3v) is 3.46. The Morgan fingerprint density at radius 1 is 1.62 bits per heavy atom. The zero-order valence-electron chi connectivity index (χ0n) is 8.58. The van der Waals surface area contributed by atoms with Crippen molar-refractivity contribution in [3.05, 3.63) is 21.9 Å². The van der Waals surface area contributed by atoms with E-state index in [1.54, 1.807) is 0 Å². The van der Waals surface area contributed by atoms with Gasteiger partial charge >= 0.3 is 0 Å². The first-order valence-corrected chi connectivity index (χ1v) is 5.46. The summed E-state index contributed by atoms with van der Waals surface area (Å²) in [5.41, 5.74) is 6.99. The molecule has 0 aliphatic heterocycles. The fourth-order valence-electron chi connectivity index (χ4n) is 1.13. The zero-order chi connectivity index (χ0) is 9.84. The van der Waals surface area contributed by atoms with Crippen molar-refractivity contribution in [2.45, 2.75) is 26.4 Å². The van der Waals surface area contributed by atoms with Crippen LogP contribution in [0.4, 0.5) is 0 Å². The molecule has 1 heterocycles. The molecule has 0 spiro atoms. The molecule has 1 aromatic rings. The second-order valence-corrected chi connectivity index (χ2v) is 4.53. The summed E-state index contributed by atoms with van der Waals surface area (Å²) < 4.78 is 0. The monoisotopic (exact) mass is 198 g/mol. The maximum atomic E-state index is 5.60. The molecule has 0 aliphatic carbocycles. The molecular formula is C10H18N2S. The van der Waals surface area contributed by atoms with Gasteiger partial charge in [-0.25, -0.2) is 0 Å². The number of nitrogens with two attached hydrogens (primary N) is 1.